The van der Waals surface area contributed by atoms with Crippen LogP contribution < -0.4 is 10.1 Å². The molecule has 0 fully saturated rings. The number of amides is 1. The lowest BCUT2D eigenvalue weighted by Gasteiger charge is -2.07. The topological polar surface area (TPSA) is 125 Å². The molecule has 0 radical (unpaired) electrons. The monoisotopic (exact) mass is 414 g/mol. The third-order valence-electron chi connectivity index (χ3n) is 3.93. The van der Waals surface area contributed by atoms with Crippen LogP contribution in [0.25, 0.3) is 0 Å². The Balaban J connectivity index is 1.71. The molecule has 2 aromatic carbocycles. The van der Waals surface area contributed by atoms with Gasteiger partial charge in [0.1, 0.15) is 5.75 Å². The normalized spacial score (nSPS) is 10.2. The fourth-order valence-corrected chi connectivity index (χ4v) is 2.40. The molecule has 0 atom stereocenters. The Morgan fingerprint density at radius 3 is 2.27 bits per heavy atom. The van der Waals surface area contributed by atoms with E-state index in [1.54, 1.807) is 24.3 Å². The third-order valence-corrected chi connectivity index (χ3v) is 3.93. The average molecular weight is 414 g/mol. The Bertz CT molecular complexity index is 893. The lowest BCUT2D eigenvalue weighted by Crippen LogP contribution is -2.21. The van der Waals surface area contributed by atoms with Crippen LogP contribution in [0.2, 0.25) is 0 Å². The van der Waals surface area contributed by atoms with Gasteiger partial charge in [-0.2, -0.15) is 0 Å². The van der Waals surface area contributed by atoms with Crippen molar-refractivity contribution in [3.8, 4) is 5.75 Å². The number of rotatable bonds is 11. The van der Waals surface area contributed by atoms with Crippen LogP contribution in [0.3, 0.4) is 0 Å². The Morgan fingerprint density at radius 1 is 1.00 bits per heavy atom. The molecule has 0 aliphatic rings. The minimum Gasteiger partial charge on any atom is -0.494 e. The molecular weight excluding hydrogens is 392 g/mol. The van der Waals surface area contributed by atoms with E-state index in [0.29, 0.717) is 23.6 Å². The van der Waals surface area contributed by atoms with E-state index in [0.717, 1.165) is 6.42 Å². The molecule has 1 N–H and O–H groups in total. The maximum Gasteiger partial charge on any atom is 0.306 e. The second-order valence-electron chi connectivity index (χ2n) is 6.31. The van der Waals surface area contributed by atoms with E-state index in [9.17, 15) is 24.5 Å². The molecular formula is C21H22N2O7. The predicted molar refractivity (Wildman–Crippen MR) is 108 cm³/mol. The molecule has 30 heavy (non-hydrogen) atoms. The van der Waals surface area contributed by atoms with Crippen LogP contribution in [0.5, 0.6) is 5.75 Å². The molecule has 2 rings (SSSR count). The van der Waals surface area contributed by atoms with Gasteiger partial charge in [-0.15, -0.1) is 0 Å². The smallest absolute Gasteiger partial charge is 0.306 e. The number of nitrogens with zero attached hydrogens (tertiary/aromatic N) is 1. The zero-order valence-electron chi connectivity index (χ0n) is 16.5. The summed E-state index contributed by atoms with van der Waals surface area (Å²) in [6.07, 6.45) is 0.685. The summed E-state index contributed by atoms with van der Waals surface area (Å²) in [6.45, 7) is 2.07. The van der Waals surface area contributed by atoms with Gasteiger partial charge in [0, 0.05) is 29.8 Å². The van der Waals surface area contributed by atoms with E-state index in [1.165, 1.54) is 24.3 Å². The number of nitro groups is 1. The van der Waals surface area contributed by atoms with Crippen molar-refractivity contribution >= 4 is 29.0 Å². The quantitative estimate of drug-likeness (QED) is 0.258. The summed E-state index contributed by atoms with van der Waals surface area (Å²) >= 11 is 0. The number of nitrogens with one attached hydrogen (secondary N) is 1. The predicted octanol–water partition coefficient (Wildman–Crippen LogP) is 3.53. The summed E-state index contributed by atoms with van der Waals surface area (Å²) in [5.41, 5.74) is 0.693. The number of ether oxygens (including phenoxy) is 2. The maximum absolute atomic E-state index is 12.2. The first kappa shape index (κ1) is 22.5. The number of hydrogen-bond donors (Lipinski definition) is 1. The number of non-ortho nitro benzene ring substituents is 1. The van der Waals surface area contributed by atoms with Crippen LogP contribution in [0.15, 0.2) is 48.5 Å². The van der Waals surface area contributed by atoms with Crippen molar-refractivity contribution in [2.75, 3.05) is 18.5 Å². The molecule has 9 heteroatoms. The van der Waals surface area contributed by atoms with Crippen LogP contribution in [0, 0.1) is 10.1 Å². The highest BCUT2D eigenvalue weighted by molar-refractivity contribution is 5.98. The highest BCUT2D eigenvalue weighted by atomic mass is 16.6. The molecule has 0 spiro atoms. The van der Waals surface area contributed by atoms with Crippen LogP contribution >= 0.6 is 0 Å². The van der Waals surface area contributed by atoms with Gasteiger partial charge in [-0.3, -0.25) is 24.5 Å². The molecule has 0 saturated carbocycles. The van der Waals surface area contributed by atoms with Gasteiger partial charge in [-0.25, -0.2) is 0 Å². The zero-order valence-corrected chi connectivity index (χ0v) is 16.5. The van der Waals surface area contributed by atoms with Crippen LogP contribution in [-0.2, 0) is 14.3 Å². The van der Waals surface area contributed by atoms with Crippen molar-refractivity contribution < 1.29 is 28.8 Å². The molecule has 1 amide bonds. The minimum atomic E-state index is -0.676. The van der Waals surface area contributed by atoms with E-state index in [2.05, 4.69) is 5.32 Å². The average Bonchev–Trinajstić information content (AvgIpc) is 2.75. The molecule has 0 unspecified atom stereocenters. The second-order valence-corrected chi connectivity index (χ2v) is 6.31. The third kappa shape index (κ3) is 7.34. The fraction of sp³-hybridized carbons (Fsp3) is 0.286. The van der Waals surface area contributed by atoms with E-state index in [1.807, 2.05) is 6.92 Å². The first-order valence-electron chi connectivity index (χ1n) is 9.35. The first-order chi connectivity index (χ1) is 14.4. The number of Topliss-reactive ketones (excluding diaryl/α,β-unsaturated/α-hetero) is 1. The molecule has 0 heterocycles. The standard InChI is InChI=1S/C21H22N2O7/c1-2-13-29-18-9-3-15(4-10-18)19(24)11-12-21(26)30-14-20(25)22-16-5-7-17(8-6-16)23(27)28/h3-10H,2,11-14H2,1H3,(H,22,25). The molecule has 0 aliphatic carbocycles. The molecule has 158 valence electrons. The highest BCUT2D eigenvalue weighted by Crippen LogP contribution is 2.16. The Labute approximate surface area is 173 Å². The fourth-order valence-electron chi connectivity index (χ4n) is 2.40. The van der Waals surface area contributed by atoms with Crippen LogP contribution in [0.1, 0.15) is 36.5 Å². The van der Waals surface area contributed by atoms with Crippen molar-refractivity contribution in [2.24, 2.45) is 0 Å². The number of benzene rings is 2. The summed E-state index contributed by atoms with van der Waals surface area (Å²) in [5.74, 6) is -0.813. The number of nitro benzene ring substituents is 1. The molecule has 9 nitrogen and oxygen atoms in total. The van der Waals surface area contributed by atoms with Gasteiger partial charge in [0.05, 0.1) is 18.0 Å². The number of hydrogen-bond acceptors (Lipinski definition) is 7. The first-order valence-corrected chi connectivity index (χ1v) is 9.35. The lowest BCUT2D eigenvalue weighted by atomic mass is 10.1. The molecule has 2 aromatic rings. The van der Waals surface area contributed by atoms with Crippen molar-refractivity contribution in [3.05, 3.63) is 64.2 Å². The minimum absolute atomic E-state index is 0.0437. The van der Waals surface area contributed by atoms with Gasteiger partial charge in [-0.05, 0) is 42.8 Å². The van der Waals surface area contributed by atoms with Gasteiger partial charge in [0.25, 0.3) is 11.6 Å². The van der Waals surface area contributed by atoms with Gasteiger partial charge in [-0.1, -0.05) is 6.92 Å². The SMILES string of the molecule is CCCOc1ccc(C(=O)CCC(=O)OCC(=O)Nc2ccc([N+](=O)[O-])cc2)cc1. The number of anilines is 1. The molecule has 0 aliphatic heterocycles. The van der Waals surface area contributed by atoms with E-state index in [-0.39, 0.29) is 24.3 Å². The van der Waals surface area contributed by atoms with Gasteiger partial charge in [0.2, 0.25) is 0 Å². The Morgan fingerprint density at radius 2 is 1.67 bits per heavy atom. The van der Waals surface area contributed by atoms with Gasteiger partial charge in [0.15, 0.2) is 12.4 Å². The van der Waals surface area contributed by atoms with Gasteiger partial charge >= 0.3 is 5.97 Å². The largest absolute Gasteiger partial charge is 0.494 e. The van der Waals surface area contributed by atoms with Crippen molar-refractivity contribution in [3.63, 3.8) is 0 Å². The number of carbonyl (C=O) groups excluding carboxylic acids is 3. The summed E-state index contributed by atoms with van der Waals surface area (Å²) in [5, 5.41) is 13.1. The maximum atomic E-state index is 12.2. The number of carbonyl (C=O) groups is 3. The number of ketones is 1. The van der Waals surface area contributed by atoms with Crippen molar-refractivity contribution in [2.45, 2.75) is 26.2 Å². The van der Waals surface area contributed by atoms with Crippen LogP contribution in [0.4, 0.5) is 11.4 Å². The Kier molecular flexibility index (Phi) is 8.49. The molecule has 0 bridgehead atoms. The summed E-state index contributed by atoms with van der Waals surface area (Å²) in [4.78, 5) is 45.8. The van der Waals surface area contributed by atoms with Crippen molar-refractivity contribution in [1.29, 1.82) is 0 Å². The summed E-state index contributed by atoms with van der Waals surface area (Å²) < 4.78 is 10.3. The molecule has 0 aromatic heterocycles. The second kappa shape index (κ2) is 11.3. The number of esters is 1. The summed E-state index contributed by atoms with van der Waals surface area (Å²) in [7, 11) is 0. The van der Waals surface area contributed by atoms with E-state index < -0.39 is 23.4 Å². The highest BCUT2D eigenvalue weighted by Gasteiger charge is 2.13. The van der Waals surface area contributed by atoms with E-state index in [4.69, 9.17) is 9.47 Å². The van der Waals surface area contributed by atoms with E-state index >= 15 is 0 Å². The van der Waals surface area contributed by atoms with Gasteiger partial charge < -0.3 is 14.8 Å². The lowest BCUT2D eigenvalue weighted by molar-refractivity contribution is -0.384. The molecule has 0 saturated heterocycles. The zero-order chi connectivity index (χ0) is 21.9. The van der Waals surface area contributed by atoms with Crippen molar-refractivity contribution in [1.82, 2.24) is 0 Å². The summed E-state index contributed by atoms with van der Waals surface area (Å²) in [6, 6.07) is 11.9. The Hall–Kier alpha value is -3.75. The van der Waals surface area contributed by atoms with Crippen LogP contribution in [-0.4, -0.2) is 35.8 Å².